The maximum absolute atomic E-state index is 9.88. The zero-order valence-corrected chi connectivity index (χ0v) is 9.52. The van der Waals surface area contributed by atoms with E-state index >= 15 is 0 Å². The summed E-state index contributed by atoms with van der Waals surface area (Å²) >= 11 is 0. The zero-order valence-electron chi connectivity index (χ0n) is 9.52. The largest absolute Gasteiger partial charge is 0.491 e. The fraction of sp³-hybridized carbons (Fsp3) is 0.538. The molecular formula is C13H18O3. The molecule has 1 atom stereocenters. The van der Waals surface area contributed by atoms with E-state index in [9.17, 15) is 10.2 Å². The van der Waals surface area contributed by atoms with Gasteiger partial charge in [0.25, 0.3) is 0 Å². The normalized spacial score (nSPS) is 19.9. The van der Waals surface area contributed by atoms with Gasteiger partial charge in [-0.05, 0) is 43.9 Å². The van der Waals surface area contributed by atoms with Gasteiger partial charge in [-0.25, -0.2) is 0 Å². The zero-order chi connectivity index (χ0) is 11.6. The summed E-state index contributed by atoms with van der Waals surface area (Å²) in [6.45, 7) is 2.14. The average molecular weight is 222 g/mol. The topological polar surface area (TPSA) is 49.7 Å². The number of aryl methyl sites for hydroxylation is 1. The molecule has 0 bridgehead atoms. The van der Waals surface area contributed by atoms with Gasteiger partial charge in [0.15, 0.2) is 0 Å². The van der Waals surface area contributed by atoms with Crippen LogP contribution in [-0.4, -0.2) is 28.5 Å². The highest BCUT2D eigenvalue weighted by Crippen LogP contribution is 2.34. The smallest absolute Gasteiger partial charge is 0.119 e. The summed E-state index contributed by atoms with van der Waals surface area (Å²) in [7, 11) is 0. The molecule has 1 unspecified atom stereocenters. The molecule has 1 aliphatic rings. The van der Waals surface area contributed by atoms with Gasteiger partial charge in [0, 0.05) is 0 Å². The lowest BCUT2D eigenvalue weighted by atomic mass is 9.76. The number of aliphatic hydroxyl groups excluding tert-OH is 1. The molecule has 2 rings (SSSR count). The number of hydrogen-bond donors (Lipinski definition) is 2. The highest BCUT2D eigenvalue weighted by molar-refractivity contribution is 5.27. The van der Waals surface area contributed by atoms with Crippen molar-refractivity contribution < 1.29 is 14.9 Å². The van der Waals surface area contributed by atoms with Gasteiger partial charge in [-0.1, -0.05) is 12.1 Å². The van der Waals surface area contributed by atoms with E-state index in [4.69, 9.17) is 4.74 Å². The van der Waals surface area contributed by atoms with Crippen molar-refractivity contribution in [3.8, 4) is 5.75 Å². The second-order valence-corrected chi connectivity index (χ2v) is 4.60. The molecular weight excluding hydrogens is 204 g/mol. The van der Waals surface area contributed by atoms with E-state index in [-0.39, 0.29) is 6.61 Å². The van der Waals surface area contributed by atoms with Crippen molar-refractivity contribution in [2.45, 2.75) is 37.9 Å². The van der Waals surface area contributed by atoms with E-state index in [0.717, 1.165) is 17.7 Å². The van der Waals surface area contributed by atoms with E-state index in [1.807, 2.05) is 31.2 Å². The first kappa shape index (κ1) is 11.4. The van der Waals surface area contributed by atoms with Gasteiger partial charge in [-0.3, -0.25) is 0 Å². The first-order valence-electron chi connectivity index (χ1n) is 5.70. The highest BCUT2D eigenvalue weighted by Gasteiger charge is 2.41. The van der Waals surface area contributed by atoms with E-state index in [0.29, 0.717) is 12.8 Å². The molecule has 3 heteroatoms. The van der Waals surface area contributed by atoms with Gasteiger partial charge < -0.3 is 14.9 Å². The van der Waals surface area contributed by atoms with Crippen LogP contribution in [0.2, 0.25) is 0 Å². The molecule has 3 nitrogen and oxygen atoms in total. The second-order valence-electron chi connectivity index (χ2n) is 4.60. The van der Waals surface area contributed by atoms with Crippen molar-refractivity contribution in [1.29, 1.82) is 0 Å². The summed E-state index contributed by atoms with van der Waals surface area (Å²) in [6.07, 6.45) is 1.54. The summed E-state index contributed by atoms with van der Waals surface area (Å²) in [5, 5.41) is 19.7. The third-order valence-corrected chi connectivity index (χ3v) is 3.24. The van der Waals surface area contributed by atoms with E-state index in [1.54, 1.807) is 0 Å². The molecule has 0 amide bonds. The van der Waals surface area contributed by atoms with Crippen LogP contribution in [-0.2, 0) is 0 Å². The fourth-order valence-corrected chi connectivity index (χ4v) is 1.91. The Morgan fingerprint density at radius 1 is 1.44 bits per heavy atom. The first-order chi connectivity index (χ1) is 7.60. The van der Waals surface area contributed by atoms with Crippen molar-refractivity contribution in [1.82, 2.24) is 0 Å². The molecule has 1 aromatic carbocycles. The third-order valence-electron chi connectivity index (χ3n) is 3.24. The Hall–Kier alpha value is -1.06. The maximum atomic E-state index is 9.88. The molecule has 1 aromatic rings. The molecule has 0 spiro atoms. The third kappa shape index (κ3) is 2.36. The standard InChI is InChI=1S/C13H18O3/c1-10-4-2-5-11(8-10)16-9-12(14)13(15)6-3-7-13/h2,4-5,8,12,14-15H,3,6-7,9H2,1H3. The molecule has 0 saturated heterocycles. The Morgan fingerprint density at radius 3 is 2.75 bits per heavy atom. The van der Waals surface area contributed by atoms with Crippen LogP contribution in [0.15, 0.2) is 24.3 Å². The van der Waals surface area contributed by atoms with Gasteiger partial charge >= 0.3 is 0 Å². The van der Waals surface area contributed by atoms with Gasteiger partial charge in [-0.2, -0.15) is 0 Å². The van der Waals surface area contributed by atoms with E-state index in [1.165, 1.54) is 0 Å². The average Bonchev–Trinajstić information content (AvgIpc) is 2.22. The lowest BCUT2D eigenvalue weighted by Gasteiger charge is -2.40. The quantitative estimate of drug-likeness (QED) is 0.814. The van der Waals surface area contributed by atoms with Gasteiger partial charge in [0.1, 0.15) is 18.5 Å². The van der Waals surface area contributed by atoms with Crippen molar-refractivity contribution in [2.75, 3.05) is 6.61 Å². The number of aliphatic hydroxyl groups is 2. The number of benzene rings is 1. The van der Waals surface area contributed by atoms with Crippen LogP contribution in [0.3, 0.4) is 0 Å². The Kier molecular flexibility index (Phi) is 3.17. The highest BCUT2D eigenvalue weighted by atomic mass is 16.5. The monoisotopic (exact) mass is 222 g/mol. The van der Waals surface area contributed by atoms with Crippen LogP contribution in [0.5, 0.6) is 5.75 Å². The Bertz CT molecular complexity index is 358. The minimum atomic E-state index is -0.913. The first-order valence-corrected chi connectivity index (χ1v) is 5.70. The van der Waals surface area contributed by atoms with Crippen molar-refractivity contribution in [3.63, 3.8) is 0 Å². The molecule has 1 fully saturated rings. The van der Waals surface area contributed by atoms with Crippen molar-refractivity contribution >= 4 is 0 Å². The maximum Gasteiger partial charge on any atom is 0.119 e. The lowest BCUT2D eigenvalue weighted by Crippen LogP contribution is -2.50. The predicted octanol–water partition coefficient (Wildman–Crippen LogP) is 1.65. The minimum absolute atomic E-state index is 0.153. The molecule has 2 N–H and O–H groups in total. The van der Waals surface area contributed by atoms with E-state index in [2.05, 4.69) is 0 Å². The summed E-state index contributed by atoms with van der Waals surface area (Å²) in [5.74, 6) is 0.738. The number of rotatable bonds is 4. The minimum Gasteiger partial charge on any atom is -0.491 e. The van der Waals surface area contributed by atoms with Crippen molar-refractivity contribution in [3.05, 3.63) is 29.8 Å². The molecule has 16 heavy (non-hydrogen) atoms. The fourth-order valence-electron chi connectivity index (χ4n) is 1.91. The Balaban J connectivity index is 1.87. The second kappa shape index (κ2) is 4.44. The van der Waals surface area contributed by atoms with Gasteiger partial charge in [-0.15, -0.1) is 0 Å². The number of ether oxygens (including phenoxy) is 1. The molecule has 1 saturated carbocycles. The number of hydrogen-bond acceptors (Lipinski definition) is 3. The Labute approximate surface area is 95.7 Å². The predicted molar refractivity (Wildman–Crippen MR) is 61.5 cm³/mol. The van der Waals surface area contributed by atoms with Crippen molar-refractivity contribution in [2.24, 2.45) is 0 Å². The molecule has 0 radical (unpaired) electrons. The van der Waals surface area contributed by atoms with Crippen LogP contribution in [0, 0.1) is 6.92 Å². The summed E-state index contributed by atoms with van der Waals surface area (Å²) in [6, 6.07) is 7.67. The van der Waals surface area contributed by atoms with Crippen LogP contribution < -0.4 is 4.74 Å². The summed E-state index contributed by atoms with van der Waals surface area (Å²) in [5.41, 5.74) is 0.207. The van der Waals surface area contributed by atoms with Crippen LogP contribution >= 0.6 is 0 Å². The van der Waals surface area contributed by atoms with Crippen LogP contribution in [0.4, 0.5) is 0 Å². The lowest BCUT2D eigenvalue weighted by molar-refractivity contribution is -0.136. The van der Waals surface area contributed by atoms with E-state index < -0.39 is 11.7 Å². The Morgan fingerprint density at radius 2 is 2.19 bits per heavy atom. The SMILES string of the molecule is Cc1cccc(OCC(O)C2(O)CCC2)c1. The summed E-state index contributed by atoms with van der Waals surface area (Å²) < 4.78 is 5.46. The molecule has 0 aromatic heterocycles. The van der Waals surface area contributed by atoms with Gasteiger partial charge in [0.05, 0.1) is 5.60 Å². The molecule has 0 heterocycles. The molecule has 88 valence electrons. The van der Waals surface area contributed by atoms with Crippen LogP contribution in [0.25, 0.3) is 0 Å². The molecule has 0 aliphatic heterocycles. The van der Waals surface area contributed by atoms with Crippen LogP contribution in [0.1, 0.15) is 24.8 Å². The molecule has 1 aliphatic carbocycles. The summed E-state index contributed by atoms with van der Waals surface area (Å²) in [4.78, 5) is 0. The van der Waals surface area contributed by atoms with Gasteiger partial charge in [0.2, 0.25) is 0 Å².